The van der Waals surface area contributed by atoms with E-state index in [0.717, 1.165) is 34.0 Å². The number of benzene rings is 7. The molecule has 1 aromatic heterocycles. The molecule has 0 atom stereocenters. The Hall–Kier alpha value is -7.76. The Morgan fingerprint density at radius 2 is 1.02 bits per heavy atom. The van der Waals surface area contributed by atoms with Gasteiger partial charge >= 0.3 is 0 Å². The third kappa shape index (κ3) is 6.81. The maximum atomic E-state index is 5.24. The fourth-order valence-electron chi connectivity index (χ4n) is 9.65. The molecule has 0 amide bonds. The molecular weight excluding hydrogens is 773 g/mol. The molecule has 4 heteroatoms. The molecule has 306 valence electrons. The Labute approximate surface area is 378 Å². The minimum atomic E-state index is -0.0417. The smallest absolute Gasteiger partial charge is 0.252 e. The van der Waals surface area contributed by atoms with E-state index in [1.165, 1.54) is 71.8 Å². The van der Waals surface area contributed by atoms with Crippen LogP contribution in [-0.2, 0) is 10.8 Å². The number of fused-ring (bicyclic) bond motifs is 7. The van der Waals surface area contributed by atoms with Crippen molar-refractivity contribution in [1.82, 2.24) is 4.57 Å². The zero-order valence-electron chi connectivity index (χ0n) is 37.8. The molecular formula is C60H48BN3. The molecule has 2 aliphatic rings. The van der Waals surface area contributed by atoms with Crippen LogP contribution in [0.4, 0.5) is 34.1 Å². The Kier molecular flexibility index (Phi) is 9.61. The van der Waals surface area contributed by atoms with E-state index in [0.29, 0.717) is 0 Å². The van der Waals surface area contributed by atoms with Gasteiger partial charge < -0.3 is 14.4 Å². The first kappa shape index (κ1) is 40.3. The van der Waals surface area contributed by atoms with E-state index in [2.05, 4.69) is 251 Å². The number of aryl methyl sites for hydroxylation is 2. The fraction of sp³-hybridized carbons (Fsp3) is 0.167. The van der Waals surface area contributed by atoms with E-state index >= 15 is 0 Å². The highest BCUT2D eigenvalue weighted by Gasteiger charge is 2.43. The van der Waals surface area contributed by atoms with Gasteiger partial charge in [0.15, 0.2) is 0 Å². The molecule has 0 radical (unpaired) electrons. The second-order valence-corrected chi connectivity index (χ2v) is 19.2. The van der Waals surface area contributed by atoms with Gasteiger partial charge in [0.05, 0.1) is 11.0 Å². The summed E-state index contributed by atoms with van der Waals surface area (Å²) in [4.78, 5) is 4.94. The van der Waals surface area contributed by atoms with Crippen LogP contribution in [0.25, 0.3) is 27.5 Å². The van der Waals surface area contributed by atoms with Crippen LogP contribution in [0.2, 0.25) is 0 Å². The van der Waals surface area contributed by atoms with Crippen LogP contribution in [0.15, 0.2) is 140 Å². The van der Waals surface area contributed by atoms with E-state index < -0.39 is 0 Å². The molecule has 3 nitrogen and oxygen atoms in total. The van der Waals surface area contributed by atoms with Crippen molar-refractivity contribution in [3.05, 3.63) is 167 Å². The average molecular weight is 822 g/mol. The molecule has 0 spiro atoms. The predicted molar refractivity (Wildman–Crippen MR) is 273 cm³/mol. The zero-order chi connectivity index (χ0) is 44.5. The second-order valence-electron chi connectivity index (χ2n) is 19.2. The third-order valence-electron chi connectivity index (χ3n) is 12.8. The molecule has 0 saturated carbocycles. The van der Waals surface area contributed by atoms with Crippen molar-refractivity contribution < 1.29 is 0 Å². The number of terminal acetylenes is 1. The SMILES string of the molecule is C#CC#CC#CC#Cc1ccc(N2c3cc(-n4c5ccc(C)cc5c5cc(C)ccc54)ccc3B3c4cc(C(C)(C)C)ccc4N(c4ccc(C(C)(C)C)cc4)c4cccc2c43)cc1. The summed E-state index contributed by atoms with van der Waals surface area (Å²) >= 11 is 0. The molecule has 7 aromatic carbocycles. The summed E-state index contributed by atoms with van der Waals surface area (Å²) in [5.74, 6) is 19.1. The van der Waals surface area contributed by atoms with E-state index in [9.17, 15) is 0 Å². The Bertz CT molecular complexity index is 3400. The maximum Gasteiger partial charge on any atom is 0.252 e. The lowest BCUT2D eigenvalue weighted by atomic mass is 9.33. The molecule has 0 saturated heterocycles. The summed E-state index contributed by atoms with van der Waals surface area (Å²) in [5, 5.41) is 2.53. The third-order valence-corrected chi connectivity index (χ3v) is 12.8. The van der Waals surface area contributed by atoms with E-state index in [1.807, 2.05) is 0 Å². The summed E-state index contributed by atoms with van der Waals surface area (Å²) < 4.78 is 2.44. The summed E-state index contributed by atoms with van der Waals surface area (Å²) in [7, 11) is 0. The molecule has 0 N–H and O–H groups in total. The number of anilines is 6. The molecule has 0 fully saturated rings. The van der Waals surface area contributed by atoms with E-state index in [1.54, 1.807) is 0 Å². The highest BCUT2D eigenvalue weighted by Crippen LogP contribution is 2.45. The highest BCUT2D eigenvalue weighted by atomic mass is 15.2. The summed E-state index contributed by atoms with van der Waals surface area (Å²) in [6.07, 6.45) is 5.24. The van der Waals surface area contributed by atoms with E-state index in [4.69, 9.17) is 6.42 Å². The van der Waals surface area contributed by atoms with Gasteiger partial charge in [0.25, 0.3) is 6.71 Å². The first-order chi connectivity index (χ1) is 30.8. The van der Waals surface area contributed by atoms with E-state index in [-0.39, 0.29) is 17.5 Å². The van der Waals surface area contributed by atoms with Crippen molar-refractivity contribution in [3.8, 4) is 53.6 Å². The van der Waals surface area contributed by atoms with Crippen LogP contribution in [-0.4, -0.2) is 11.3 Å². The van der Waals surface area contributed by atoms with Gasteiger partial charge in [-0.15, -0.1) is 6.42 Å². The van der Waals surface area contributed by atoms with Crippen molar-refractivity contribution in [3.63, 3.8) is 0 Å². The summed E-state index contributed by atoms with van der Waals surface area (Å²) in [6.45, 7) is 18.1. The van der Waals surface area contributed by atoms with Gasteiger partial charge in [0.1, 0.15) is 0 Å². The summed E-state index contributed by atoms with van der Waals surface area (Å²) in [6, 6.07) is 52.5. The minimum Gasteiger partial charge on any atom is -0.311 e. The zero-order valence-corrected chi connectivity index (χ0v) is 37.8. The van der Waals surface area contributed by atoms with Crippen LogP contribution in [0.5, 0.6) is 0 Å². The van der Waals surface area contributed by atoms with Crippen LogP contribution in [0.3, 0.4) is 0 Å². The lowest BCUT2D eigenvalue weighted by molar-refractivity contribution is 0.590. The van der Waals surface area contributed by atoms with Gasteiger partial charge in [-0.3, -0.25) is 0 Å². The number of hydrogen-bond donors (Lipinski definition) is 0. The van der Waals surface area contributed by atoms with Crippen LogP contribution in [0, 0.1) is 61.7 Å². The molecule has 0 unspecified atom stereocenters. The molecule has 0 aliphatic carbocycles. The van der Waals surface area contributed by atoms with Crippen LogP contribution in [0.1, 0.15) is 69.4 Å². The largest absolute Gasteiger partial charge is 0.311 e. The molecule has 8 aromatic rings. The van der Waals surface area contributed by atoms with Crippen molar-refractivity contribution in [2.45, 2.75) is 66.2 Å². The number of aromatic nitrogens is 1. The predicted octanol–water partition coefficient (Wildman–Crippen LogP) is 12.1. The van der Waals surface area contributed by atoms with Crippen LogP contribution >= 0.6 is 0 Å². The fourth-order valence-corrected chi connectivity index (χ4v) is 9.65. The standard InChI is InChI=1S/C60H48BN3/c1-10-11-12-13-14-15-17-42-22-27-45(28-23-42)63-56-19-16-18-55-58(56)61(51-38-44(60(7,8)9)26-35-54(51)62(55)46-29-24-43(25-30-46)59(4,5)6)50-32-31-47(39-57(50)63)64-52-33-20-40(2)36-48(52)49-37-41(3)21-34-53(49)64/h1,16,18-39H,2-9H3. The number of hydrogen-bond acceptors (Lipinski definition) is 2. The Morgan fingerprint density at radius 3 is 1.62 bits per heavy atom. The quantitative estimate of drug-likeness (QED) is 0.130. The molecule has 64 heavy (non-hydrogen) atoms. The molecule has 3 heterocycles. The van der Waals surface area contributed by atoms with Crippen molar-refractivity contribution in [2.24, 2.45) is 0 Å². The number of nitrogens with zero attached hydrogens (tertiary/aromatic N) is 3. The van der Waals surface area contributed by atoms with Crippen molar-refractivity contribution >= 4 is 79.0 Å². The van der Waals surface area contributed by atoms with Crippen LogP contribution < -0.4 is 26.2 Å². The van der Waals surface area contributed by atoms with Gasteiger partial charge in [-0.2, -0.15) is 0 Å². The molecule has 0 bridgehead atoms. The lowest BCUT2D eigenvalue weighted by Gasteiger charge is -2.44. The maximum absolute atomic E-state index is 5.24. The Balaban J connectivity index is 1.23. The summed E-state index contributed by atoms with van der Waals surface area (Å²) in [5.41, 5.74) is 20.2. The number of rotatable bonds is 3. The highest BCUT2D eigenvalue weighted by molar-refractivity contribution is 7.00. The first-order valence-electron chi connectivity index (χ1n) is 22.0. The normalized spacial score (nSPS) is 12.5. The Morgan fingerprint density at radius 1 is 0.469 bits per heavy atom. The molecule has 10 rings (SSSR count). The average Bonchev–Trinajstić information content (AvgIpc) is 3.59. The van der Waals surface area contributed by atoms with Gasteiger partial charge in [0, 0.05) is 56.1 Å². The first-order valence-corrected chi connectivity index (χ1v) is 22.0. The molecule has 2 aliphatic heterocycles. The van der Waals surface area contributed by atoms with Gasteiger partial charge in [-0.1, -0.05) is 107 Å². The monoisotopic (exact) mass is 821 g/mol. The lowest BCUT2D eigenvalue weighted by Crippen LogP contribution is -2.61. The van der Waals surface area contributed by atoms with Gasteiger partial charge in [-0.05, 0) is 179 Å². The van der Waals surface area contributed by atoms with Gasteiger partial charge in [0.2, 0.25) is 0 Å². The minimum absolute atomic E-state index is 0.0152. The topological polar surface area (TPSA) is 11.4 Å². The van der Waals surface area contributed by atoms with Crippen molar-refractivity contribution in [2.75, 3.05) is 9.80 Å². The van der Waals surface area contributed by atoms with Crippen molar-refractivity contribution in [1.29, 1.82) is 0 Å². The second kappa shape index (κ2) is 15.3. The van der Waals surface area contributed by atoms with Gasteiger partial charge in [-0.25, -0.2) is 0 Å².